The lowest BCUT2D eigenvalue weighted by Gasteiger charge is -2.43. The third-order valence-electron chi connectivity index (χ3n) is 4.47. The summed E-state index contributed by atoms with van der Waals surface area (Å²) in [6.07, 6.45) is 0. The van der Waals surface area contributed by atoms with E-state index in [0.717, 1.165) is 13.1 Å². The number of rotatable bonds is 1. The number of carbonyl (C=O) groups excluding carboxylic acids is 1. The molecule has 0 saturated carbocycles. The minimum Gasteiger partial charge on any atom is -0.350 e. The number of fused-ring (bicyclic) bond motifs is 1. The summed E-state index contributed by atoms with van der Waals surface area (Å²) in [5.74, 6) is 0.516. The van der Waals surface area contributed by atoms with E-state index in [1.54, 1.807) is 9.80 Å². The van der Waals surface area contributed by atoms with Crippen LogP contribution in [0.4, 0.5) is 4.79 Å². The van der Waals surface area contributed by atoms with E-state index in [-0.39, 0.29) is 5.41 Å². The van der Waals surface area contributed by atoms with Crippen LogP contribution in [0.1, 0.15) is 6.92 Å². The fourth-order valence-electron chi connectivity index (χ4n) is 4.02. The van der Waals surface area contributed by atoms with E-state index in [4.69, 9.17) is 5.73 Å². The van der Waals surface area contributed by atoms with Gasteiger partial charge >= 0.3 is 6.03 Å². The second-order valence-electron chi connectivity index (χ2n) is 5.99. The molecule has 0 aliphatic carbocycles. The fraction of sp³-hybridized carbons (Fsp3) is 0.818. The van der Waals surface area contributed by atoms with Gasteiger partial charge in [-0.25, -0.2) is 10.2 Å². The summed E-state index contributed by atoms with van der Waals surface area (Å²) < 4.78 is 0. The fourth-order valence-corrected chi connectivity index (χ4v) is 4.02. The number of piperidine rings is 2. The van der Waals surface area contributed by atoms with E-state index in [1.807, 2.05) is 0 Å². The van der Waals surface area contributed by atoms with E-state index < -0.39 is 6.03 Å². The van der Waals surface area contributed by atoms with E-state index in [1.165, 1.54) is 31.9 Å². The third-order valence-corrected chi connectivity index (χ3v) is 4.47. The molecule has 4 saturated heterocycles. The largest absolute Gasteiger partial charge is 0.350 e. The zero-order valence-electron chi connectivity index (χ0n) is 10.3. The van der Waals surface area contributed by atoms with Crippen molar-refractivity contribution < 1.29 is 14.6 Å². The second-order valence-corrected chi connectivity index (χ2v) is 5.99. The zero-order chi connectivity index (χ0) is 12.0. The van der Waals surface area contributed by atoms with Crippen molar-refractivity contribution in [1.29, 1.82) is 0 Å². The number of nitrogens with one attached hydrogen (secondary N) is 3. The molecular formula is C11H21N5O+2. The molecule has 0 aromatic carbocycles. The quantitative estimate of drug-likeness (QED) is 0.351. The van der Waals surface area contributed by atoms with Crippen LogP contribution in [-0.4, -0.2) is 51.0 Å². The number of urea groups is 1. The predicted molar refractivity (Wildman–Crippen MR) is 62.9 cm³/mol. The van der Waals surface area contributed by atoms with Crippen LogP contribution in [0.15, 0.2) is 5.10 Å². The van der Waals surface area contributed by atoms with Gasteiger partial charge in [0.25, 0.3) is 0 Å². The Morgan fingerprint density at radius 3 is 2.47 bits per heavy atom. The van der Waals surface area contributed by atoms with Gasteiger partial charge in [-0.2, -0.15) is 5.10 Å². The summed E-state index contributed by atoms with van der Waals surface area (Å²) in [7, 11) is 0. The molecular weight excluding hydrogens is 218 g/mol. The van der Waals surface area contributed by atoms with Crippen LogP contribution < -0.4 is 21.0 Å². The molecule has 4 aliphatic rings. The summed E-state index contributed by atoms with van der Waals surface area (Å²) in [6.45, 7) is 9.45. The Labute approximate surface area is 101 Å². The Balaban J connectivity index is 1.91. The number of nitrogens with zero attached hydrogens (tertiary/aromatic N) is 1. The van der Waals surface area contributed by atoms with Gasteiger partial charge in [0, 0.05) is 0 Å². The molecule has 2 atom stereocenters. The number of quaternary nitrogens is 2. The summed E-state index contributed by atoms with van der Waals surface area (Å²) in [4.78, 5) is 14.2. The Morgan fingerprint density at radius 1 is 1.41 bits per heavy atom. The standard InChI is InChI=1S/C11H19N5O/c1-11-6-15-2-3-16(7-11)5-8(4-15)9(11)13-14-10(12)17/h8H,2-7H2,1H3,(H3,12,14,17)/p+2. The number of hydrazone groups is 1. The van der Waals surface area contributed by atoms with Gasteiger partial charge in [0.2, 0.25) is 0 Å². The molecule has 0 radical (unpaired) electrons. The molecule has 4 rings (SSSR count). The molecule has 0 aromatic heterocycles. The van der Waals surface area contributed by atoms with Crippen molar-refractivity contribution in [2.24, 2.45) is 22.2 Å². The maximum absolute atomic E-state index is 10.8. The maximum atomic E-state index is 10.8. The van der Waals surface area contributed by atoms with Gasteiger partial charge in [-0.1, -0.05) is 0 Å². The van der Waals surface area contributed by atoms with Gasteiger partial charge in [0.05, 0.1) is 37.8 Å². The first-order chi connectivity index (χ1) is 8.07. The first kappa shape index (κ1) is 11.0. The summed E-state index contributed by atoms with van der Waals surface area (Å²) >= 11 is 0. The molecule has 5 N–H and O–H groups in total. The lowest BCUT2D eigenvalue weighted by Crippen LogP contribution is -3.16. The SMILES string of the molecule is CC12C[NH+]3CC[NH+](CC(C3)C1=NNC(N)=O)C2. The molecule has 6 heteroatoms. The van der Waals surface area contributed by atoms with Gasteiger partial charge in [0.15, 0.2) is 0 Å². The van der Waals surface area contributed by atoms with E-state index in [2.05, 4.69) is 17.5 Å². The van der Waals surface area contributed by atoms with Crippen molar-refractivity contribution in [3.63, 3.8) is 0 Å². The van der Waals surface area contributed by atoms with Crippen molar-refractivity contribution in [3.05, 3.63) is 0 Å². The van der Waals surface area contributed by atoms with E-state index in [0.29, 0.717) is 5.92 Å². The van der Waals surface area contributed by atoms with Gasteiger partial charge in [-0.3, -0.25) is 0 Å². The highest BCUT2D eigenvalue weighted by Gasteiger charge is 2.54. The van der Waals surface area contributed by atoms with Crippen LogP contribution in [0.2, 0.25) is 0 Å². The molecule has 4 aliphatic heterocycles. The van der Waals surface area contributed by atoms with Crippen molar-refractivity contribution >= 4 is 11.7 Å². The molecule has 2 amide bonds. The number of hydrogen-bond acceptors (Lipinski definition) is 2. The van der Waals surface area contributed by atoms with Crippen LogP contribution in [0.25, 0.3) is 0 Å². The summed E-state index contributed by atoms with van der Waals surface area (Å²) in [5.41, 5.74) is 8.85. The van der Waals surface area contributed by atoms with Crippen LogP contribution in [0, 0.1) is 11.3 Å². The second kappa shape index (κ2) is 3.68. The number of hydrogen-bond donors (Lipinski definition) is 4. The molecule has 0 spiro atoms. The minimum atomic E-state index is -0.562. The monoisotopic (exact) mass is 239 g/mol. The minimum absolute atomic E-state index is 0.144. The summed E-state index contributed by atoms with van der Waals surface area (Å²) in [5, 5.41) is 4.30. The molecule has 0 aromatic rings. The normalized spacial score (nSPS) is 45.9. The van der Waals surface area contributed by atoms with Crippen LogP contribution in [0.5, 0.6) is 0 Å². The maximum Gasteiger partial charge on any atom is 0.332 e. The van der Waals surface area contributed by atoms with Crippen molar-refractivity contribution in [2.75, 3.05) is 39.3 Å². The number of amides is 2. The van der Waals surface area contributed by atoms with Crippen molar-refractivity contribution in [1.82, 2.24) is 5.43 Å². The number of nitrogens with two attached hydrogens (primary N) is 1. The average molecular weight is 239 g/mol. The molecule has 4 heterocycles. The highest BCUT2D eigenvalue weighted by atomic mass is 16.2. The highest BCUT2D eigenvalue weighted by molar-refractivity contribution is 5.94. The molecule has 17 heavy (non-hydrogen) atoms. The van der Waals surface area contributed by atoms with E-state index in [9.17, 15) is 4.79 Å². The van der Waals surface area contributed by atoms with Gasteiger partial charge in [0.1, 0.15) is 18.5 Å². The van der Waals surface area contributed by atoms with Gasteiger partial charge < -0.3 is 15.5 Å². The first-order valence-corrected chi connectivity index (χ1v) is 6.37. The Hall–Kier alpha value is -1.14. The number of primary amides is 1. The lowest BCUT2D eigenvalue weighted by atomic mass is 9.72. The molecule has 4 bridgehead atoms. The molecule has 2 unspecified atom stereocenters. The third kappa shape index (κ3) is 1.81. The molecule has 94 valence electrons. The zero-order valence-corrected chi connectivity index (χ0v) is 10.3. The van der Waals surface area contributed by atoms with Crippen LogP contribution in [-0.2, 0) is 0 Å². The predicted octanol–water partition coefficient (Wildman–Crippen LogP) is -3.56. The Morgan fingerprint density at radius 2 is 2.00 bits per heavy atom. The summed E-state index contributed by atoms with van der Waals surface area (Å²) in [6, 6.07) is -0.562. The van der Waals surface area contributed by atoms with Crippen LogP contribution >= 0.6 is 0 Å². The smallest absolute Gasteiger partial charge is 0.332 e. The Bertz CT molecular complexity index is 364. The number of carbonyl (C=O) groups is 1. The molecule has 6 nitrogen and oxygen atoms in total. The average Bonchev–Trinajstić information content (AvgIpc) is 2.44. The first-order valence-electron chi connectivity index (χ1n) is 6.37. The van der Waals surface area contributed by atoms with Gasteiger partial charge in [-0.15, -0.1) is 0 Å². The highest BCUT2D eigenvalue weighted by Crippen LogP contribution is 2.26. The van der Waals surface area contributed by atoms with Crippen molar-refractivity contribution in [3.8, 4) is 0 Å². The van der Waals surface area contributed by atoms with Crippen LogP contribution in [0.3, 0.4) is 0 Å². The lowest BCUT2D eigenvalue weighted by molar-refractivity contribution is -0.918. The molecule has 4 fully saturated rings. The topological polar surface area (TPSA) is 76.4 Å². The Kier molecular flexibility index (Phi) is 2.38. The van der Waals surface area contributed by atoms with Crippen molar-refractivity contribution in [2.45, 2.75) is 6.92 Å². The van der Waals surface area contributed by atoms with E-state index >= 15 is 0 Å². The van der Waals surface area contributed by atoms with Gasteiger partial charge in [-0.05, 0) is 6.92 Å².